The molecule has 118 valence electrons. The molecule has 2 aromatic rings. The van der Waals surface area contributed by atoms with E-state index in [1.165, 1.54) is 0 Å². The molecule has 1 N–H and O–H groups in total. The molecule has 2 atom stereocenters. The molecule has 1 fully saturated rings. The number of carbonyl (C=O) groups excluding carboxylic acids is 1. The monoisotopic (exact) mass is 310 g/mol. The first-order chi connectivity index (χ1) is 11.1. The SMILES string of the molecule is Cc1cccnc1C(=O)N1C[C@H](C(=O)O)[C@H](c2ccccc2)C1. The Hall–Kier alpha value is -2.69. The molecule has 1 aliphatic heterocycles. The Morgan fingerprint density at radius 2 is 1.87 bits per heavy atom. The van der Waals surface area contributed by atoms with E-state index in [0.29, 0.717) is 12.2 Å². The van der Waals surface area contributed by atoms with Gasteiger partial charge in [0, 0.05) is 25.2 Å². The topological polar surface area (TPSA) is 70.5 Å². The predicted molar refractivity (Wildman–Crippen MR) is 85.2 cm³/mol. The summed E-state index contributed by atoms with van der Waals surface area (Å²) in [6.45, 7) is 2.44. The first-order valence-corrected chi connectivity index (χ1v) is 7.56. The Morgan fingerprint density at radius 1 is 1.13 bits per heavy atom. The Bertz CT molecular complexity index is 730. The number of aliphatic carboxylic acids is 1. The summed E-state index contributed by atoms with van der Waals surface area (Å²) in [5.74, 6) is -1.85. The van der Waals surface area contributed by atoms with Crippen LogP contribution in [0.2, 0.25) is 0 Å². The second-order valence-corrected chi connectivity index (χ2v) is 5.84. The average Bonchev–Trinajstić information content (AvgIpc) is 3.01. The number of aromatic nitrogens is 1. The number of likely N-dealkylation sites (tertiary alicyclic amines) is 1. The number of nitrogens with zero attached hydrogens (tertiary/aromatic N) is 2. The van der Waals surface area contributed by atoms with Crippen molar-refractivity contribution in [2.45, 2.75) is 12.8 Å². The number of amides is 1. The van der Waals surface area contributed by atoms with Crippen LogP contribution in [-0.2, 0) is 4.79 Å². The first-order valence-electron chi connectivity index (χ1n) is 7.56. The summed E-state index contributed by atoms with van der Waals surface area (Å²) in [4.78, 5) is 30.0. The van der Waals surface area contributed by atoms with E-state index in [1.807, 2.05) is 43.3 Å². The van der Waals surface area contributed by atoms with Crippen LogP contribution < -0.4 is 0 Å². The lowest BCUT2D eigenvalue weighted by Gasteiger charge is -2.17. The molecule has 0 saturated carbocycles. The lowest BCUT2D eigenvalue weighted by molar-refractivity contribution is -0.141. The quantitative estimate of drug-likeness (QED) is 0.944. The molecule has 0 aliphatic carbocycles. The van der Waals surface area contributed by atoms with Crippen LogP contribution in [-0.4, -0.2) is 40.0 Å². The molecule has 0 bridgehead atoms. The zero-order chi connectivity index (χ0) is 16.4. The minimum absolute atomic E-state index is 0.193. The summed E-state index contributed by atoms with van der Waals surface area (Å²) in [5, 5.41) is 9.52. The summed E-state index contributed by atoms with van der Waals surface area (Å²) < 4.78 is 0. The van der Waals surface area contributed by atoms with Crippen molar-refractivity contribution in [3.05, 3.63) is 65.5 Å². The van der Waals surface area contributed by atoms with Gasteiger partial charge in [-0.15, -0.1) is 0 Å². The van der Waals surface area contributed by atoms with E-state index in [2.05, 4.69) is 4.98 Å². The Balaban J connectivity index is 1.87. The molecule has 1 aliphatic rings. The Labute approximate surface area is 134 Å². The standard InChI is InChI=1S/C18H18N2O3/c1-12-6-5-9-19-16(12)17(21)20-10-14(15(11-20)18(22)23)13-7-3-2-4-8-13/h2-9,14-15H,10-11H2,1H3,(H,22,23)/t14-,15-/m0/s1. The highest BCUT2D eigenvalue weighted by Gasteiger charge is 2.41. The van der Waals surface area contributed by atoms with Gasteiger partial charge in [0.15, 0.2) is 0 Å². The van der Waals surface area contributed by atoms with Gasteiger partial charge in [0.05, 0.1) is 5.92 Å². The van der Waals surface area contributed by atoms with Gasteiger partial charge in [0.1, 0.15) is 5.69 Å². The summed E-state index contributed by atoms with van der Waals surface area (Å²) in [6, 6.07) is 13.1. The van der Waals surface area contributed by atoms with E-state index in [-0.39, 0.29) is 18.4 Å². The van der Waals surface area contributed by atoms with Crippen LogP contribution in [0.15, 0.2) is 48.7 Å². The number of carboxylic acids is 1. The van der Waals surface area contributed by atoms with Crippen molar-refractivity contribution >= 4 is 11.9 Å². The molecule has 3 rings (SSSR count). The first kappa shape index (κ1) is 15.2. The van der Waals surface area contributed by atoms with Gasteiger partial charge in [-0.05, 0) is 24.1 Å². The number of hydrogen-bond donors (Lipinski definition) is 1. The maximum Gasteiger partial charge on any atom is 0.308 e. The summed E-state index contributed by atoms with van der Waals surface area (Å²) in [7, 11) is 0. The maximum absolute atomic E-state index is 12.7. The van der Waals surface area contributed by atoms with Crippen LogP contribution >= 0.6 is 0 Å². The van der Waals surface area contributed by atoms with E-state index in [0.717, 1.165) is 11.1 Å². The van der Waals surface area contributed by atoms with Gasteiger partial charge in [0.25, 0.3) is 5.91 Å². The molecular formula is C18H18N2O3. The van der Waals surface area contributed by atoms with Crippen LogP contribution in [0.25, 0.3) is 0 Å². The normalized spacial score (nSPS) is 20.5. The Kier molecular flexibility index (Phi) is 4.10. The third-order valence-electron chi connectivity index (χ3n) is 4.36. The van der Waals surface area contributed by atoms with Crippen molar-refractivity contribution in [2.75, 3.05) is 13.1 Å². The number of hydrogen-bond acceptors (Lipinski definition) is 3. The third kappa shape index (κ3) is 2.95. The molecule has 1 aromatic carbocycles. The van der Waals surface area contributed by atoms with Crippen LogP contribution in [0.4, 0.5) is 0 Å². The largest absolute Gasteiger partial charge is 0.481 e. The predicted octanol–water partition coefficient (Wildman–Crippen LogP) is 2.33. The van der Waals surface area contributed by atoms with Gasteiger partial charge in [0.2, 0.25) is 0 Å². The van der Waals surface area contributed by atoms with Crippen LogP contribution in [0, 0.1) is 12.8 Å². The van der Waals surface area contributed by atoms with Crippen molar-refractivity contribution in [1.82, 2.24) is 9.88 Å². The van der Waals surface area contributed by atoms with Gasteiger partial charge >= 0.3 is 5.97 Å². The van der Waals surface area contributed by atoms with Crippen molar-refractivity contribution in [1.29, 1.82) is 0 Å². The molecule has 0 radical (unpaired) electrons. The van der Waals surface area contributed by atoms with E-state index >= 15 is 0 Å². The fourth-order valence-corrected chi connectivity index (χ4v) is 3.12. The molecule has 2 heterocycles. The molecule has 1 saturated heterocycles. The van der Waals surface area contributed by atoms with Gasteiger partial charge in [-0.3, -0.25) is 14.6 Å². The highest BCUT2D eigenvalue weighted by atomic mass is 16.4. The van der Waals surface area contributed by atoms with E-state index in [9.17, 15) is 14.7 Å². The minimum atomic E-state index is -0.869. The third-order valence-corrected chi connectivity index (χ3v) is 4.36. The highest BCUT2D eigenvalue weighted by Crippen LogP contribution is 2.33. The second kappa shape index (κ2) is 6.20. The maximum atomic E-state index is 12.7. The number of pyridine rings is 1. The number of aryl methyl sites for hydroxylation is 1. The number of carbonyl (C=O) groups is 2. The lowest BCUT2D eigenvalue weighted by Crippen LogP contribution is -2.31. The van der Waals surface area contributed by atoms with E-state index in [4.69, 9.17) is 0 Å². The molecule has 0 unspecified atom stereocenters. The van der Waals surface area contributed by atoms with Crippen molar-refractivity contribution < 1.29 is 14.7 Å². The highest BCUT2D eigenvalue weighted by molar-refractivity contribution is 5.94. The molecule has 5 heteroatoms. The van der Waals surface area contributed by atoms with Crippen molar-refractivity contribution in [2.24, 2.45) is 5.92 Å². The van der Waals surface area contributed by atoms with Crippen molar-refractivity contribution in [3.63, 3.8) is 0 Å². The molecule has 0 spiro atoms. The lowest BCUT2D eigenvalue weighted by atomic mass is 9.89. The summed E-state index contributed by atoms with van der Waals surface area (Å²) in [5.41, 5.74) is 2.14. The summed E-state index contributed by atoms with van der Waals surface area (Å²) >= 11 is 0. The Morgan fingerprint density at radius 3 is 2.52 bits per heavy atom. The average molecular weight is 310 g/mol. The fraction of sp³-hybridized carbons (Fsp3) is 0.278. The van der Waals surface area contributed by atoms with Gasteiger partial charge in [-0.2, -0.15) is 0 Å². The van der Waals surface area contributed by atoms with E-state index in [1.54, 1.807) is 17.2 Å². The molecule has 23 heavy (non-hydrogen) atoms. The zero-order valence-corrected chi connectivity index (χ0v) is 12.8. The molecule has 1 amide bonds. The second-order valence-electron chi connectivity index (χ2n) is 5.84. The zero-order valence-electron chi connectivity index (χ0n) is 12.8. The van der Waals surface area contributed by atoms with Crippen LogP contribution in [0.1, 0.15) is 27.5 Å². The molecule has 1 aromatic heterocycles. The number of rotatable bonds is 3. The summed E-state index contributed by atoms with van der Waals surface area (Å²) in [6.07, 6.45) is 1.58. The number of carboxylic acid groups (broad SMARTS) is 1. The fourth-order valence-electron chi connectivity index (χ4n) is 3.12. The molecular weight excluding hydrogens is 292 g/mol. The van der Waals surface area contributed by atoms with Crippen LogP contribution in [0.3, 0.4) is 0 Å². The smallest absolute Gasteiger partial charge is 0.308 e. The van der Waals surface area contributed by atoms with Gasteiger partial charge in [-0.1, -0.05) is 36.4 Å². The van der Waals surface area contributed by atoms with Crippen molar-refractivity contribution in [3.8, 4) is 0 Å². The van der Waals surface area contributed by atoms with E-state index < -0.39 is 11.9 Å². The van der Waals surface area contributed by atoms with Gasteiger partial charge in [-0.25, -0.2) is 0 Å². The van der Waals surface area contributed by atoms with Crippen LogP contribution in [0.5, 0.6) is 0 Å². The number of benzene rings is 1. The minimum Gasteiger partial charge on any atom is -0.481 e. The van der Waals surface area contributed by atoms with Gasteiger partial charge < -0.3 is 10.0 Å². The molecule has 5 nitrogen and oxygen atoms in total.